The van der Waals surface area contributed by atoms with Gasteiger partial charge in [-0.2, -0.15) is 0 Å². The first-order chi connectivity index (χ1) is 27.1. The van der Waals surface area contributed by atoms with Crippen molar-refractivity contribution in [2.75, 3.05) is 13.7 Å². The zero-order chi connectivity index (χ0) is 40.7. The Kier molecular flexibility index (Phi) is 11.0. The second kappa shape index (κ2) is 15.6. The SMILES string of the molecule is C=C[C@@H]1C[C@]1(NC(=O)[C@@H]1C[C@@H](Oc2cc(-c3ccccc3)nc3cc(OC)ccc23)CN1C(=O)[C@@H](OC(=O)NC1CCCC1)C(C)(C)C)C(=O)NS(=O)(=O)C1CC1. The van der Waals surface area contributed by atoms with Crippen molar-refractivity contribution in [3.63, 3.8) is 0 Å². The third-order valence-electron chi connectivity index (χ3n) is 11.4. The summed E-state index contributed by atoms with van der Waals surface area (Å²) in [5, 5.41) is 5.74. The van der Waals surface area contributed by atoms with Gasteiger partial charge in [-0.1, -0.05) is 70.0 Å². The number of likely N-dealkylation sites (tertiary alicyclic amines) is 1. The van der Waals surface area contributed by atoms with Crippen LogP contribution in [0.1, 0.15) is 72.1 Å². The van der Waals surface area contributed by atoms with E-state index in [0.29, 0.717) is 40.9 Å². The number of pyridine rings is 1. The first-order valence-corrected chi connectivity index (χ1v) is 21.2. The van der Waals surface area contributed by atoms with Crippen LogP contribution in [0.25, 0.3) is 22.2 Å². The molecule has 0 spiro atoms. The molecule has 1 saturated heterocycles. The molecule has 14 nitrogen and oxygen atoms in total. The molecule has 3 aliphatic carbocycles. The normalized spacial score (nSPS) is 24.0. The number of carbonyl (C=O) groups is 4. The van der Waals surface area contributed by atoms with Gasteiger partial charge in [0.25, 0.3) is 11.8 Å². The van der Waals surface area contributed by atoms with Crippen LogP contribution >= 0.6 is 0 Å². The summed E-state index contributed by atoms with van der Waals surface area (Å²) in [6.45, 7) is 9.07. The number of methoxy groups -OCH3 is 1. The van der Waals surface area contributed by atoms with Gasteiger partial charge in [-0.3, -0.25) is 19.1 Å². The fourth-order valence-corrected chi connectivity index (χ4v) is 9.22. The molecule has 304 valence electrons. The van der Waals surface area contributed by atoms with Crippen molar-refractivity contribution in [3.05, 3.63) is 67.3 Å². The van der Waals surface area contributed by atoms with Crippen LogP contribution in [0.4, 0.5) is 4.79 Å². The van der Waals surface area contributed by atoms with Gasteiger partial charge >= 0.3 is 6.09 Å². The molecular formula is C42H51N5O9S. The molecule has 0 bridgehead atoms. The highest BCUT2D eigenvalue weighted by Crippen LogP contribution is 2.46. The minimum Gasteiger partial charge on any atom is -0.497 e. The fourth-order valence-electron chi connectivity index (χ4n) is 7.86. The number of hydrogen-bond acceptors (Lipinski definition) is 10. The lowest BCUT2D eigenvalue weighted by molar-refractivity contribution is -0.150. The topological polar surface area (TPSA) is 182 Å². The number of nitrogens with one attached hydrogen (secondary N) is 3. The van der Waals surface area contributed by atoms with E-state index in [-0.39, 0.29) is 25.4 Å². The zero-order valence-corrected chi connectivity index (χ0v) is 33.6. The summed E-state index contributed by atoms with van der Waals surface area (Å²) in [5.41, 5.74) is -0.349. The van der Waals surface area contributed by atoms with Gasteiger partial charge in [0.05, 0.1) is 30.1 Å². The van der Waals surface area contributed by atoms with E-state index in [4.69, 9.17) is 19.2 Å². The smallest absolute Gasteiger partial charge is 0.408 e. The number of aromatic nitrogens is 1. The van der Waals surface area contributed by atoms with Gasteiger partial charge in [0.1, 0.15) is 29.2 Å². The molecule has 15 heteroatoms. The number of hydrogen-bond donors (Lipinski definition) is 3. The molecule has 4 fully saturated rings. The third-order valence-corrected chi connectivity index (χ3v) is 13.2. The van der Waals surface area contributed by atoms with Crippen LogP contribution in [0.3, 0.4) is 0 Å². The van der Waals surface area contributed by atoms with Crippen molar-refractivity contribution in [2.24, 2.45) is 11.3 Å². The zero-order valence-electron chi connectivity index (χ0n) is 32.8. The maximum atomic E-state index is 14.7. The highest BCUT2D eigenvalue weighted by molar-refractivity contribution is 7.91. The van der Waals surface area contributed by atoms with Crippen molar-refractivity contribution >= 4 is 44.7 Å². The Morgan fingerprint density at radius 3 is 2.37 bits per heavy atom. The van der Waals surface area contributed by atoms with Crippen molar-refractivity contribution in [1.29, 1.82) is 0 Å². The van der Waals surface area contributed by atoms with E-state index in [0.717, 1.165) is 31.2 Å². The van der Waals surface area contributed by atoms with E-state index >= 15 is 0 Å². The van der Waals surface area contributed by atoms with Crippen molar-refractivity contribution < 1.29 is 41.8 Å². The minimum atomic E-state index is -3.91. The molecule has 3 saturated carbocycles. The molecule has 7 rings (SSSR count). The monoisotopic (exact) mass is 801 g/mol. The molecular weight excluding hydrogens is 751 g/mol. The van der Waals surface area contributed by atoms with Crippen LogP contribution in [0, 0.1) is 11.3 Å². The van der Waals surface area contributed by atoms with Crippen molar-refractivity contribution in [1.82, 2.24) is 25.2 Å². The molecule has 4 aliphatic rings. The van der Waals surface area contributed by atoms with Gasteiger partial charge in [0.15, 0.2) is 6.10 Å². The summed E-state index contributed by atoms with van der Waals surface area (Å²) in [6, 6.07) is 15.6. The molecule has 1 aliphatic heterocycles. The number of amides is 4. The first kappa shape index (κ1) is 40.0. The van der Waals surface area contributed by atoms with Crippen LogP contribution in [0.15, 0.2) is 67.3 Å². The van der Waals surface area contributed by atoms with Crippen LogP contribution in [0.2, 0.25) is 0 Å². The number of carbonyl (C=O) groups excluding carboxylic acids is 4. The summed E-state index contributed by atoms with van der Waals surface area (Å²) in [6.07, 6.45) is 3.46. The molecule has 4 amide bonds. The van der Waals surface area contributed by atoms with Crippen LogP contribution in [-0.2, 0) is 29.1 Å². The highest BCUT2D eigenvalue weighted by Gasteiger charge is 2.62. The second-order valence-electron chi connectivity index (χ2n) is 16.7. The Labute approximate surface area is 333 Å². The van der Waals surface area contributed by atoms with E-state index in [2.05, 4.69) is 21.9 Å². The van der Waals surface area contributed by atoms with Crippen molar-refractivity contribution in [2.45, 2.75) is 107 Å². The lowest BCUT2D eigenvalue weighted by Gasteiger charge is -2.34. The third kappa shape index (κ3) is 8.58. The van der Waals surface area contributed by atoms with Gasteiger partial charge < -0.3 is 29.7 Å². The molecule has 5 atom stereocenters. The number of sulfonamides is 1. The van der Waals surface area contributed by atoms with E-state index < -0.39 is 74.2 Å². The maximum absolute atomic E-state index is 14.7. The lowest BCUT2D eigenvalue weighted by Crippen LogP contribution is -2.58. The summed E-state index contributed by atoms with van der Waals surface area (Å²) < 4.78 is 45.8. The molecule has 3 aromatic rings. The molecule has 2 aromatic carbocycles. The Morgan fingerprint density at radius 1 is 1.02 bits per heavy atom. The standard InChI is InChI=1S/C42H51N5O9S/c1-6-26-23-42(26,39(50)46-57(52,53)30-17-18-30)45-37(48)34-21-29(24-47(34)38(49)36(41(2,3)4)56-40(51)43-27-14-10-11-15-27)55-35-22-32(25-12-8-7-9-13-25)44-33-20-28(54-5)16-19-31(33)35/h6-9,12-13,16,19-20,22,26-27,29-30,34,36H,1,10-11,14-15,17-18,21,23-24H2,2-5H3,(H,43,51)(H,45,48)(H,46,50)/t26-,29-,34+,36-,42-/m1/s1. The van der Waals surface area contributed by atoms with Crippen LogP contribution in [-0.4, -0.2) is 90.9 Å². The number of nitrogens with zero attached hydrogens (tertiary/aromatic N) is 2. The summed E-state index contributed by atoms with van der Waals surface area (Å²) in [4.78, 5) is 62.2. The largest absolute Gasteiger partial charge is 0.497 e. The average molecular weight is 802 g/mol. The van der Waals surface area contributed by atoms with E-state index in [1.165, 1.54) is 11.0 Å². The fraction of sp³-hybridized carbons (Fsp3) is 0.500. The van der Waals surface area contributed by atoms with Gasteiger partial charge in [0.2, 0.25) is 15.9 Å². The lowest BCUT2D eigenvalue weighted by atomic mass is 9.88. The number of ether oxygens (including phenoxy) is 3. The van der Waals surface area contributed by atoms with E-state index in [9.17, 15) is 27.6 Å². The molecule has 3 N–H and O–H groups in total. The van der Waals surface area contributed by atoms with E-state index in [1.807, 2.05) is 42.5 Å². The van der Waals surface area contributed by atoms with Gasteiger partial charge in [-0.25, -0.2) is 18.2 Å². The Morgan fingerprint density at radius 2 is 1.74 bits per heavy atom. The molecule has 1 aromatic heterocycles. The number of rotatable bonds is 13. The summed E-state index contributed by atoms with van der Waals surface area (Å²) >= 11 is 0. The predicted octanol–water partition coefficient (Wildman–Crippen LogP) is 5.01. The van der Waals surface area contributed by atoms with Gasteiger partial charge in [-0.15, -0.1) is 6.58 Å². The number of alkyl carbamates (subject to hydrolysis) is 1. The maximum Gasteiger partial charge on any atom is 0.408 e. The average Bonchev–Trinajstić information content (AvgIpc) is 4.06. The Bertz CT molecular complexity index is 2160. The highest BCUT2D eigenvalue weighted by atomic mass is 32.2. The van der Waals surface area contributed by atoms with Gasteiger partial charge in [-0.05, 0) is 44.2 Å². The second-order valence-corrected chi connectivity index (χ2v) is 18.7. The Hall–Kier alpha value is -5.18. The molecule has 57 heavy (non-hydrogen) atoms. The van der Waals surface area contributed by atoms with Crippen molar-refractivity contribution in [3.8, 4) is 22.8 Å². The molecule has 0 unspecified atom stereocenters. The van der Waals surface area contributed by atoms with Crippen LogP contribution in [0.5, 0.6) is 11.5 Å². The molecule has 0 radical (unpaired) electrons. The van der Waals surface area contributed by atoms with Crippen LogP contribution < -0.4 is 24.8 Å². The molecule has 2 heterocycles. The number of fused-ring (bicyclic) bond motifs is 1. The first-order valence-electron chi connectivity index (χ1n) is 19.6. The summed E-state index contributed by atoms with van der Waals surface area (Å²) in [5.74, 6) is -1.58. The number of benzene rings is 2. The quantitative estimate of drug-likeness (QED) is 0.199. The Balaban J connectivity index is 1.20. The van der Waals surface area contributed by atoms with Gasteiger partial charge in [0, 0.05) is 46.9 Å². The summed E-state index contributed by atoms with van der Waals surface area (Å²) in [7, 11) is -2.34. The van der Waals surface area contributed by atoms with E-state index in [1.54, 1.807) is 40.0 Å². The predicted molar refractivity (Wildman–Crippen MR) is 213 cm³/mol. The minimum absolute atomic E-state index is 0.0141.